The van der Waals surface area contributed by atoms with Gasteiger partial charge in [-0.2, -0.15) is 0 Å². The zero-order chi connectivity index (χ0) is 23.3. The van der Waals surface area contributed by atoms with E-state index in [1.165, 1.54) is 58.5 Å². The van der Waals surface area contributed by atoms with Crippen molar-refractivity contribution in [2.24, 2.45) is 5.92 Å². The molecule has 5 rings (SSSR count). The smallest absolute Gasteiger partial charge is 0.0413 e. The average molecular weight is 444 g/mol. The summed E-state index contributed by atoms with van der Waals surface area (Å²) in [6, 6.07) is 40.0. The average Bonchev–Trinajstić information content (AvgIpc) is 3.31. The summed E-state index contributed by atoms with van der Waals surface area (Å²) >= 11 is 0. The molecule has 1 heteroatoms. The van der Waals surface area contributed by atoms with Gasteiger partial charge >= 0.3 is 0 Å². The van der Waals surface area contributed by atoms with Crippen LogP contribution in [-0.4, -0.2) is 6.04 Å². The summed E-state index contributed by atoms with van der Waals surface area (Å²) in [4.78, 5) is 2.57. The van der Waals surface area contributed by atoms with Crippen molar-refractivity contribution in [1.82, 2.24) is 0 Å². The molecule has 170 valence electrons. The quantitative estimate of drug-likeness (QED) is 0.269. The highest BCUT2D eigenvalue weighted by molar-refractivity contribution is 5.91. The van der Waals surface area contributed by atoms with Crippen LogP contribution in [0.25, 0.3) is 11.6 Å². The molecule has 1 aliphatic rings. The molecule has 0 amide bonds. The summed E-state index contributed by atoms with van der Waals surface area (Å²) < 4.78 is 0. The van der Waals surface area contributed by atoms with Crippen molar-refractivity contribution in [1.29, 1.82) is 0 Å². The summed E-state index contributed by atoms with van der Waals surface area (Å²) in [6.07, 6.45) is 6.18. The van der Waals surface area contributed by atoms with Crippen LogP contribution in [0.1, 0.15) is 48.4 Å². The number of hydrogen-bond acceptors (Lipinski definition) is 1. The van der Waals surface area contributed by atoms with E-state index in [-0.39, 0.29) is 0 Å². The first-order valence-electron chi connectivity index (χ1n) is 12.5. The molecule has 34 heavy (non-hydrogen) atoms. The van der Waals surface area contributed by atoms with Crippen LogP contribution in [0.2, 0.25) is 0 Å². The van der Waals surface area contributed by atoms with Crippen molar-refractivity contribution in [3.05, 3.63) is 131 Å². The maximum absolute atomic E-state index is 2.57. The van der Waals surface area contributed by atoms with Crippen molar-refractivity contribution < 1.29 is 0 Å². The third-order valence-corrected chi connectivity index (χ3v) is 7.11. The van der Waals surface area contributed by atoms with Gasteiger partial charge in [0.1, 0.15) is 0 Å². The second-order valence-electron chi connectivity index (χ2n) is 9.56. The van der Waals surface area contributed by atoms with Gasteiger partial charge < -0.3 is 4.90 Å². The Morgan fingerprint density at radius 2 is 1.21 bits per heavy atom. The van der Waals surface area contributed by atoms with E-state index in [2.05, 4.69) is 134 Å². The Labute approximate surface area is 204 Å². The lowest BCUT2D eigenvalue weighted by atomic mass is 9.95. The number of nitrogens with zero attached hydrogens (tertiary/aromatic N) is 1. The van der Waals surface area contributed by atoms with Crippen LogP contribution in [-0.2, 0) is 0 Å². The molecule has 0 aliphatic heterocycles. The highest BCUT2D eigenvalue weighted by Crippen LogP contribution is 2.38. The molecular weight excluding hydrogens is 410 g/mol. The van der Waals surface area contributed by atoms with Gasteiger partial charge in [0.05, 0.1) is 0 Å². The van der Waals surface area contributed by atoms with Crippen LogP contribution in [0, 0.1) is 12.8 Å². The van der Waals surface area contributed by atoms with Gasteiger partial charge in [-0.25, -0.2) is 0 Å². The molecule has 0 saturated heterocycles. The summed E-state index contributed by atoms with van der Waals surface area (Å²) in [5, 5.41) is 0. The molecule has 2 atom stereocenters. The normalized spacial score (nSPS) is 17.4. The summed E-state index contributed by atoms with van der Waals surface area (Å²) in [5.41, 5.74) is 8.81. The maximum atomic E-state index is 2.57. The van der Waals surface area contributed by atoms with Gasteiger partial charge in [-0.05, 0) is 78.3 Å². The second-order valence-corrected chi connectivity index (χ2v) is 9.56. The van der Waals surface area contributed by atoms with Crippen LogP contribution in [0.5, 0.6) is 0 Å². The van der Waals surface area contributed by atoms with Gasteiger partial charge in [0.25, 0.3) is 0 Å². The predicted octanol–water partition coefficient (Wildman–Crippen LogP) is 8.91. The van der Waals surface area contributed by atoms with Crippen molar-refractivity contribution >= 4 is 23.0 Å². The van der Waals surface area contributed by atoms with Gasteiger partial charge in [0, 0.05) is 17.4 Å². The van der Waals surface area contributed by atoms with E-state index in [9.17, 15) is 0 Å². The van der Waals surface area contributed by atoms with E-state index < -0.39 is 0 Å². The van der Waals surface area contributed by atoms with Crippen molar-refractivity contribution in [3.63, 3.8) is 0 Å². The first kappa shape index (κ1) is 22.2. The van der Waals surface area contributed by atoms with Gasteiger partial charge in [-0.15, -0.1) is 0 Å². The third kappa shape index (κ3) is 4.84. The molecule has 4 aromatic rings. The molecule has 4 aromatic carbocycles. The van der Waals surface area contributed by atoms with Crippen molar-refractivity contribution in [2.75, 3.05) is 4.90 Å². The molecule has 1 nitrogen and oxygen atoms in total. The predicted molar refractivity (Wildman–Crippen MR) is 146 cm³/mol. The molecule has 0 N–H and O–H groups in total. The Balaban J connectivity index is 1.52. The van der Waals surface area contributed by atoms with Crippen LogP contribution < -0.4 is 4.90 Å². The Hall–Kier alpha value is -3.58. The molecule has 0 spiro atoms. The Bertz CT molecular complexity index is 1180. The van der Waals surface area contributed by atoms with Crippen LogP contribution in [0.4, 0.5) is 11.4 Å². The highest BCUT2D eigenvalue weighted by atomic mass is 15.2. The van der Waals surface area contributed by atoms with Crippen LogP contribution in [0.15, 0.2) is 109 Å². The Morgan fingerprint density at radius 1 is 0.676 bits per heavy atom. The largest absolute Gasteiger partial charge is 0.338 e. The van der Waals surface area contributed by atoms with Gasteiger partial charge in [-0.1, -0.05) is 104 Å². The van der Waals surface area contributed by atoms with Gasteiger partial charge in [0.2, 0.25) is 0 Å². The van der Waals surface area contributed by atoms with Crippen molar-refractivity contribution in [2.45, 2.75) is 39.2 Å². The number of benzene rings is 4. The Kier molecular flexibility index (Phi) is 6.62. The standard InChI is InChI=1S/C33H33N/c1-25-16-20-30(21-17-25)34(33-15-9-10-26(33)2)31-22-18-27(19-23-31)24-32(28-11-5-3-6-12-28)29-13-7-4-8-14-29/h3-8,11-14,16-24,26,33H,9-10,15H2,1-2H3. The molecule has 2 unspecified atom stereocenters. The lowest BCUT2D eigenvalue weighted by molar-refractivity contribution is 0.517. The maximum Gasteiger partial charge on any atom is 0.0413 e. The fourth-order valence-electron chi connectivity index (χ4n) is 5.21. The minimum Gasteiger partial charge on any atom is -0.338 e. The number of rotatable bonds is 6. The molecule has 0 heterocycles. The zero-order valence-electron chi connectivity index (χ0n) is 20.2. The van der Waals surface area contributed by atoms with E-state index in [0.717, 1.165) is 0 Å². The first-order valence-corrected chi connectivity index (χ1v) is 12.5. The lowest BCUT2D eigenvalue weighted by Gasteiger charge is -2.34. The zero-order valence-corrected chi connectivity index (χ0v) is 20.2. The first-order chi connectivity index (χ1) is 16.7. The molecular formula is C33H33N. The van der Waals surface area contributed by atoms with E-state index in [1.807, 2.05) is 0 Å². The number of hydrogen-bond donors (Lipinski definition) is 0. The Morgan fingerprint density at radius 3 is 1.71 bits per heavy atom. The lowest BCUT2D eigenvalue weighted by Crippen LogP contribution is -2.33. The van der Waals surface area contributed by atoms with E-state index >= 15 is 0 Å². The highest BCUT2D eigenvalue weighted by Gasteiger charge is 2.30. The van der Waals surface area contributed by atoms with Gasteiger partial charge in [0.15, 0.2) is 0 Å². The summed E-state index contributed by atoms with van der Waals surface area (Å²) in [5.74, 6) is 0.698. The molecule has 1 fully saturated rings. The third-order valence-electron chi connectivity index (χ3n) is 7.11. The molecule has 0 bridgehead atoms. The number of anilines is 2. The van der Waals surface area contributed by atoms with Crippen molar-refractivity contribution in [3.8, 4) is 0 Å². The fourth-order valence-corrected chi connectivity index (χ4v) is 5.21. The van der Waals surface area contributed by atoms with Crippen LogP contribution in [0.3, 0.4) is 0 Å². The fraction of sp³-hybridized carbons (Fsp3) is 0.212. The van der Waals surface area contributed by atoms with Gasteiger partial charge in [-0.3, -0.25) is 0 Å². The minimum atomic E-state index is 0.549. The SMILES string of the molecule is Cc1ccc(N(c2ccc(C=C(c3ccccc3)c3ccccc3)cc2)C2CCCC2C)cc1. The van der Waals surface area contributed by atoms with E-state index in [4.69, 9.17) is 0 Å². The molecule has 1 saturated carbocycles. The number of aryl methyl sites for hydroxylation is 1. The van der Waals surface area contributed by atoms with E-state index in [1.54, 1.807) is 0 Å². The second kappa shape index (κ2) is 10.1. The summed E-state index contributed by atoms with van der Waals surface area (Å²) in [7, 11) is 0. The van der Waals surface area contributed by atoms with Crippen LogP contribution >= 0.6 is 0 Å². The molecule has 0 radical (unpaired) electrons. The molecule has 0 aromatic heterocycles. The topological polar surface area (TPSA) is 3.24 Å². The molecule has 1 aliphatic carbocycles. The monoisotopic (exact) mass is 443 g/mol. The summed E-state index contributed by atoms with van der Waals surface area (Å²) in [6.45, 7) is 4.56. The minimum absolute atomic E-state index is 0.549. The van der Waals surface area contributed by atoms with E-state index in [0.29, 0.717) is 12.0 Å².